The fourth-order valence-corrected chi connectivity index (χ4v) is 2.02. The highest BCUT2D eigenvalue weighted by atomic mass is 79.9. The number of carbonyl (C=O) groups excluding carboxylic acids is 1. The average Bonchev–Trinajstić information content (AvgIpc) is 2.36. The zero-order chi connectivity index (χ0) is 13.8. The summed E-state index contributed by atoms with van der Waals surface area (Å²) in [5.41, 5.74) is 2.79. The topological polar surface area (TPSA) is 54.0 Å². The molecule has 2 aromatic rings. The molecule has 0 atom stereocenters. The lowest BCUT2D eigenvalue weighted by atomic mass is 10.2. The fourth-order valence-electron chi connectivity index (χ4n) is 1.58. The molecule has 5 heteroatoms. The van der Waals surface area contributed by atoms with Crippen LogP contribution in [0.25, 0.3) is 0 Å². The molecule has 2 N–H and O–H groups in total. The molecule has 4 nitrogen and oxygen atoms in total. The van der Waals surface area contributed by atoms with E-state index in [9.17, 15) is 4.79 Å². The Balaban J connectivity index is 2.03. The quantitative estimate of drug-likeness (QED) is 0.875. The van der Waals surface area contributed by atoms with Gasteiger partial charge in [-0.25, -0.2) is 9.78 Å². The second-order valence-electron chi connectivity index (χ2n) is 4.26. The Kier molecular flexibility index (Phi) is 4.16. The first-order chi connectivity index (χ1) is 9.04. The average molecular weight is 320 g/mol. The van der Waals surface area contributed by atoms with Crippen molar-refractivity contribution >= 4 is 33.5 Å². The van der Waals surface area contributed by atoms with E-state index in [1.54, 1.807) is 6.20 Å². The lowest BCUT2D eigenvalue weighted by Crippen LogP contribution is -2.20. The van der Waals surface area contributed by atoms with Crippen molar-refractivity contribution in [1.29, 1.82) is 0 Å². The minimum atomic E-state index is -0.304. The van der Waals surface area contributed by atoms with Crippen molar-refractivity contribution in [3.63, 3.8) is 0 Å². The van der Waals surface area contributed by atoms with Crippen molar-refractivity contribution < 1.29 is 4.79 Å². The third kappa shape index (κ3) is 3.79. The van der Waals surface area contributed by atoms with E-state index in [0.717, 1.165) is 21.3 Å². The SMILES string of the molecule is Cc1ccc(NC(=O)Nc2ncc(Br)cc2C)cc1. The van der Waals surface area contributed by atoms with Crippen molar-refractivity contribution in [3.05, 3.63) is 52.1 Å². The second-order valence-corrected chi connectivity index (χ2v) is 5.18. The van der Waals surface area contributed by atoms with Gasteiger partial charge >= 0.3 is 6.03 Å². The number of hydrogen-bond donors (Lipinski definition) is 2. The Hall–Kier alpha value is -1.88. The Morgan fingerprint density at radius 1 is 1.16 bits per heavy atom. The molecule has 19 heavy (non-hydrogen) atoms. The van der Waals surface area contributed by atoms with Gasteiger partial charge in [-0.3, -0.25) is 5.32 Å². The van der Waals surface area contributed by atoms with Crippen molar-refractivity contribution in [2.45, 2.75) is 13.8 Å². The minimum absolute atomic E-state index is 0.304. The molecule has 98 valence electrons. The largest absolute Gasteiger partial charge is 0.324 e. The number of amides is 2. The van der Waals surface area contributed by atoms with Gasteiger partial charge in [0.15, 0.2) is 0 Å². The fraction of sp³-hybridized carbons (Fsp3) is 0.143. The van der Waals surface area contributed by atoms with Gasteiger partial charge in [-0.1, -0.05) is 17.7 Å². The first-order valence-electron chi connectivity index (χ1n) is 5.81. The summed E-state index contributed by atoms with van der Waals surface area (Å²) in [7, 11) is 0. The Bertz CT molecular complexity index is 596. The number of aryl methyl sites for hydroxylation is 2. The summed E-state index contributed by atoms with van der Waals surface area (Å²) in [6.07, 6.45) is 1.65. The summed E-state index contributed by atoms with van der Waals surface area (Å²) in [6, 6.07) is 9.20. The summed E-state index contributed by atoms with van der Waals surface area (Å²) < 4.78 is 0.884. The van der Waals surface area contributed by atoms with Crippen LogP contribution in [0, 0.1) is 13.8 Å². The predicted molar refractivity (Wildman–Crippen MR) is 80.5 cm³/mol. The van der Waals surface area contributed by atoms with Crippen LogP contribution in [-0.2, 0) is 0 Å². The number of nitrogens with one attached hydrogen (secondary N) is 2. The van der Waals surface area contributed by atoms with E-state index in [-0.39, 0.29) is 6.03 Å². The number of anilines is 2. The van der Waals surface area contributed by atoms with Crippen molar-refractivity contribution in [2.75, 3.05) is 10.6 Å². The molecular weight excluding hydrogens is 306 g/mol. The Morgan fingerprint density at radius 3 is 2.47 bits per heavy atom. The van der Waals surface area contributed by atoms with E-state index < -0.39 is 0 Å². The molecule has 0 radical (unpaired) electrons. The van der Waals surface area contributed by atoms with Crippen LogP contribution in [0.5, 0.6) is 0 Å². The van der Waals surface area contributed by atoms with Crippen LogP contribution in [0.3, 0.4) is 0 Å². The smallest absolute Gasteiger partial charge is 0.308 e. The molecule has 0 spiro atoms. The number of rotatable bonds is 2. The summed E-state index contributed by atoms with van der Waals surface area (Å²) in [6.45, 7) is 3.89. The zero-order valence-electron chi connectivity index (χ0n) is 10.7. The van der Waals surface area contributed by atoms with Crippen LogP contribution < -0.4 is 10.6 Å². The highest BCUT2D eigenvalue weighted by Gasteiger charge is 2.06. The normalized spacial score (nSPS) is 10.1. The van der Waals surface area contributed by atoms with Gasteiger partial charge in [0, 0.05) is 16.4 Å². The molecule has 1 heterocycles. The summed E-state index contributed by atoms with van der Waals surface area (Å²) in [5.74, 6) is 0.549. The molecule has 0 bridgehead atoms. The van der Waals surface area contributed by atoms with E-state index in [2.05, 4.69) is 31.5 Å². The highest BCUT2D eigenvalue weighted by Crippen LogP contribution is 2.17. The van der Waals surface area contributed by atoms with Gasteiger partial charge < -0.3 is 5.32 Å². The monoisotopic (exact) mass is 319 g/mol. The van der Waals surface area contributed by atoms with Gasteiger partial charge in [0.05, 0.1) is 0 Å². The lowest BCUT2D eigenvalue weighted by Gasteiger charge is -2.09. The van der Waals surface area contributed by atoms with Crippen molar-refractivity contribution in [3.8, 4) is 0 Å². The van der Waals surface area contributed by atoms with E-state index in [1.807, 2.05) is 44.2 Å². The first-order valence-corrected chi connectivity index (χ1v) is 6.61. The second kappa shape index (κ2) is 5.84. The molecule has 0 aliphatic rings. The maximum atomic E-state index is 11.8. The van der Waals surface area contributed by atoms with Crippen molar-refractivity contribution in [1.82, 2.24) is 4.98 Å². The lowest BCUT2D eigenvalue weighted by molar-refractivity contribution is 0.262. The van der Waals surface area contributed by atoms with Crippen LogP contribution >= 0.6 is 15.9 Å². The Morgan fingerprint density at radius 2 is 1.84 bits per heavy atom. The Labute approximate surface area is 120 Å². The molecular formula is C14H14BrN3O. The molecule has 1 aromatic heterocycles. The summed E-state index contributed by atoms with van der Waals surface area (Å²) in [4.78, 5) is 16.0. The van der Waals surface area contributed by atoms with Crippen LogP contribution in [0.2, 0.25) is 0 Å². The highest BCUT2D eigenvalue weighted by molar-refractivity contribution is 9.10. The van der Waals surface area contributed by atoms with Gasteiger partial charge in [-0.2, -0.15) is 0 Å². The van der Waals surface area contributed by atoms with Crippen molar-refractivity contribution in [2.24, 2.45) is 0 Å². The number of carbonyl (C=O) groups is 1. The van der Waals surface area contributed by atoms with Gasteiger partial charge in [0.1, 0.15) is 5.82 Å². The van der Waals surface area contributed by atoms with E-state index in [1.165, 1.54) is 0 Å². The number of urea groups is 1. The molecule has 0 saturated carbocycles. The number of nitrogens with zero attached hydrogens (tertiary/aromatic N) is 1. The number of pyridine rings is 1. The molecule has 0 aliphatic carbocycles. The van der Waals surface area contributed by atoms with E-state index in [4.69, 9.17) is 0 Å². The van der Waals surface area contributed by atoms with Gasteiger partial charge in [0.25, 0.3) is 0 Å². The zero-order valence-corrected chi connectivity index (χ0v) is 12.3. The molecule has 2 amide bonds. The molecule has 0 saturated heterocycles. The van der Waals surface area contributed by atoms with E-state index >= 15 is 0 Å². The number of aromatic nitrogens is 1. The number of hydrogen-bond acceptors (Lipinski definition) is 2. The number of halogens is 1. The molecule has 1 aromatic carbocycles. The molecule has 0 fully saturated rings. The van der Waals surface area contributed by atoms with Crippen LogP contribution in [0.1, 0.15) is 11.1 Å². The maximum absolute atomic E-state index is 11.8. The van der Waals surface area contributed by atoms with Crippen LogP contribution in [0.15, 0.2) is 41.0 Å². The molecule has 2 rings (SSSR count). The number of benzene rings is 1. The van der Waals surface area contributed by atoms with Gasteiger partial charge in [-0.05, 0) is 53.5 Å². The summed E-state index contributed by atoms with van der Waals surface area (Å²) >= 11 is 3.33. The molecule has 0 aliphatic heterocycles. The summed E-state index contributed by atoms with van der Waals surface area (Å²) in [5, 5.41) is 5.48. The third-order valence-electron chi connectivity index (χ3n) is 2.59. The van der Waals surface area contributed by atoms with E-state index in [0.29, 0.717) is 5.82 Å². The van der Waals surface area contributed by atoms with Crippen LogP contribution in [-0.4, -0.2) is 11.0 Å². The van der Waals surface area contributed by atoms with Crippen LogP contribution in [0.4, 0.5) is 16.3 Å². The standard InChI is InChI=1S/C14H14BrN3O/c1-9-3-5-12(6-4-9)17-14(19)18-13-10(2)7-11(15)8-16-13/h3-8H,1-2H3,(H2,16,17,18,19). The maximum Gasteiger partial charge on any atom is 0.324 e. The predicted octanol–water partition coefficient (Wildman–Crippen LogP) is 4.10. The first kappa shape index (κ1) is 13.5. The minimum Gasteiger partial charge on any atom is -0.308 e. The van der Waals surface area contributed by atoms with Gasteiger partial charge in [-0.15, -0.1) is 0 Å². The van der Waals surface area contributed by atoms with Gasteiger partial charge in [0.2, 0.25) is 0 Å². The molecule has 0 unspecified atom stereocenters. The third-order valence-corrected chi connectivity index (χ3v) is 3.02.